The molecular weight excluding hydrogens is 249 g/mol. The lowest BCUT2D eigenvalue weighted by Gasteiger charge is -2.22. The van der Waals surface area contributed by atoms with E-state index in [-0.39, 0.29) is 5.82 Å². The van der Waals surface area contributed by atoms with Gasteiger partial charge in [0.05, 0.1) is 28.1 Å². The van der Waals surface area contributed by atoms with Crippen LogP contribution in [0.3, 0.4) is 0 Å². The first kappa shape index (κ1) is 13.1. The molecule has 0 fully saturated rings. The summed E-state index contributed by atoms with van der Waals surface area (Å²) in [7, 11) is 0. The molecule has 2 rings (SSSR count). The lowest BCUT2D eigenvalue weighted by Crippen LogP contribution is -2.36. The molecule has 0 radical (unpaired) electrons. The Morgan fingerprint density at radius 2 is 2.11 bits per heavy atom. The van der Waals surface area contributed by atoms with Crippen LogP contribution in [-0.4, -0.2) is 9.97 Å². The number of thiazole rings is 1. The fourth-order valence-corrected chi connectivity index (χ4v) is 2.83. The van der Waals surface area contributed by atoms with Gasteiger partial charge in [-0.1, -0.05) is 0 Å². The van der Waals surface area contributed by atoms with E-state index in [1.807, 2.05) is 20.8 Å². The number of nitrogens with zero attached hydrogens (tertiary/aromatic N) is 2. The Labute approximate surface area is 110 Å². The Kier molecular flexibility index (Phi) is 3.45. The van der Waals surface area contributed by atoms with Crippen molar-refractivity contribution in [3.63, 3.8) is 0 Å². The van der Waals surface area contributed by atoms with Crippen molar-refractivity contribution in [1.29, 1.82) is 0 Å². The average molecular weight is 265 g/mol. The minimum atomic E-state index is -0.634. The zero-order chi connectivity index (χ0) is 13.3. The molecule has 3 nitrogen and oxygen atoms in total. The third-order valence-corrected chi connectivity index (χ3v) is 3.98. The van der Waals surface area contributed by atoms with E-state index in [0.29, 0.717) is 12.1 Å². The van der Waals surface area contributed by atoms with E-state index in [1.54, 1.807) is 17.4 Å². The molecule has 96 valence electrons. The first-order valence-corrected chi connectivity index (χ1v) is 6.54. The van der Waals surface area contributed by atoms with Crippen LogP contribution in [-0.2, 0) is 12.0 Å². The Bertz CT molecular complexity index is 526. The third kappa shape index (κ3) is 2.73. The largest absolute Gasteiger partial charge is 0.320 e. The topological polar surface area (TPSA) is 51.8 Å². The predicted molar refractivity (Wildman–Crippen MR) is 71.0 cm³/mol. The number of hydrogen-bond acceptors (Lipinski definition) is 4. The van der Waals surface area contributed by atoms with E-state index in [1.165, 1.54) is 17.1 Å². The Balaban J connectivity index is 2.23. The first-order chi connectivity index (χ1) is 8.38. The quantitative estimate of drug-likeness (QED) is 0.928. The molecule has 5 heteroatoms. The zero-order valence-corrected chi connectivity index (χ0v) is 11.5. The van der Waals surface area contributed by atoms with Crippen molar-refractivity contribution in [3.05, 3.63) is 45.4 Å². The summed E-state index contributed by atoms with van der Waals surface area (Å²) < 4.78 is 12.8. The molecule has 2 aromatic rings. The maximum absolute atomic E-state index is 12.8. The summed E-state index contributed by atoms with van der Waals surface area (Å²) in [4.78, 5) is 9.73. The van der Waals surface area contributed by atoms with Gasteiger partial charge in [0, 0.05) is 11.3 Å². The fourth-order valence-electron chi connectivity index (χ4n) is 1.73. The van der Waals surface area contributed by atoms with Crippen LogP contribution in [0.4, 0.5) is 4.39 Å². The maximum atomic E-state index is 12.8. The highest BCUT2D eigenvalue weighted by molar-refractivity contribution is 7.11. The molecule has 0 aliphatic heterocycles. The second-order valence-corrected chi connectivity index (χ2v) is 5.99. The smallest absolute Gasteiger partial charge is 0.141 e. The van der Waals surface area contributed by atoms with Crippen molar-refractivity contribution in [1.82, 2.24) is 9.97 Å². The molecule has 2 heterocycles. The molecule has 0 bridgehead atoms. The Morgan fingerprint density at radius 3 is 2.61 bits per heavy atom. The number of nitrogens with two attached hydrogens (primary N) is 1. The zero-order valence-electron chi connectivity index (χ0n) is 10.7. The minimum Gasteiger partial charge on any atom is -0.320 e. The van der Waals surface area contributed by atoms with Gasteiger partial charge in [-0.15, -0.1) is 11.3 Å². The van der Waals surface area contributed by atoms with Crippen LogP contribution < -0.4 is 5.73 Å². The molecular formula is C13H16FN3S. The van der Waals surface area contributed by atoms with E-state index >= 15 is 0 Å². The molecule has 0 saturated carbocycles. The number of pyridine rings is 1. The average Bonchev–Trinajstić information content (AvgIpc) is 2.57. The molecule has 0 aliphatic rings. The fraction of sp³-hybridized carbons (Fsp3) is 0.385. The van der Waals surface area contributed by atoms with Crippen molar-refractivity contribution in [2.24, 2.45) is 5.73 Å². The van der Waals surface area contributed by atoms with Crippen LogP contribution in [0.5, 0.6) is 0 Å². The highest BCUT2D eigenvalue weighted by Gasteiger charge is 2.25. The Morgan fingerprint density at radius 1 is 1.39 bits per heavy atom. The van der Waals surface area contributed by atoms with Crippen LogP contribution in [0, 0.1) is 19.7 Å². The van der Waals surface area contributed by atoms with Gasteiger partial charge >= 0.3 is 0 Å². The van der Waals surface area contributed by atoms with Crippen molar-refractivity contribution in [3.8, 4) is 0 Å². The van der Waals surface area contributed by atoms with E-state index in [9.17, 15) is 4.39 Å². The van der Waals surface area contributed by atoms with Crippen LogP contribution in [0.2, 0.25) is 0 Å². The monoisotopic (exact) mass is 265 g/mol. The molecule has 0 aromatic carbocycles. The van der Waals surface area contributed by atoms with Crippen molar-refractivity contribution in [2.45, 2.75) is 32.7 Å². The van der Waals surface area contributed by atoms with Crippen molar-refractivity contribution in [2.75, 3.05) is 0 Å². The summed E-state index contributed by atoms with van der Waals surface area (Å²) in [5.74, 6) is -0.351. The van der Waals surface area contributed by atoms with Gasteiger partial charge in [0.1, 0.15) is 5.82 Å². The van der Waals surface area contributed by atoms with Gasteiger partial charge in [-0.2, -0.15) is 0 Å². The number of aromatic nitrogens is 2. The summed E-state index contributed by atoms with van der Waals surface area (Å²) in [6, 6.07) is 3.01. The minimum absolute atomic E-state index is 0.351. The lowest BCUT2D eigenvalue weighted by atomic mass is 9.95. The first-order valence-electron chi connectivity index (χ1n) is 5.72. The van der Waals surface area contributed by atoms with Crippen molar-refractivity contribution < 1.29 is 4.39 Å². The molecule has 2 aromatic heterocycles. The molecule has 0 amide bonds. The summed E-state index contributed by atoms with van der Waals surface area (Å²) in [5, 5.41) is 0.987. The molecule has 0 aliphatic carbocycles. The van der Waals surface area contributed by atoms with Gasteiger partial charge in [-0.05, 0) is 32.9 Å². The van der Waals surface area contributed by atoms with E-state index in [4.69, 9.17) is 5.73 Å². The molecule has 0 spiro atoms. The number of hydrogen-bond donors (Lipinski definition) is 1. The van der Waals surface area contributed by atoms with E-state index < -0.39 is 5.54 Å². The molecule has 1 unspecified atom stereocenters. The molecule has 1 atom stereocenters. The highest BCUT2D eigenvalue weighted by Crippen LogP contribution is 2.25. The third-order valence-electron chi connectivity index (χ3n) is 2.90. The van der Waals surface area contributed by atoms with E-state index in [2.05, 4.69) is 9.97 Å². The normalized spacial score (nSPS) is 14.5. The molecule has 2 N–H and O–H groups in total. The lowest BCUT2D eigenvalue weighted by molar-refractivity contribution is 0.471. The summed E-state index contributed by atoms with van der Waals surface area (Å²) in [6.07, 6.45) is 1.80. The number of halogens is 1. The van der Waals surface area contributed by atoms with Gasteiger partial charge < -0.3 is 5.73 Å². The highest BCUT2D eigenvalue weighted by atomic mass is 32.1. The second-order valence-electron chi connectivity index (χ2n) is 4.71. The summed E-state index contributed by atoms with van der Waals surface area (Å²) in [5.41, 5.74) is 7.34. The second kappa shape index (κ2) is 4.74. The van der Waals surface area contributed by atoms with Gasteiger partial charge in [-0.25, -0.2) is 9.37 Å². The van der Waals surface area contributed by atoms with Gasteiger partial charge in [-0.3, -0.25) is 4.98 Å². The summed E-state index contributed by atoms with van der Waals surface area (Å²) >= 11 is 1.65. The number of rotatable bonds is 3. The summed E-state index contributed by atoms with van der Waals surface area (Å²) in [6.45, 7) is 5.92. The van der Waals surface area contributed by atoms with Gasteiger partial charge in [0.15, 0.2) is 0 Å². The van der Waals surface area contributed by atoms with Crippen molar-refractivity contribution >= 4 is 11.3 Å². The van der Waals surface area contributed by atoms with Gasteiger partial charge in [0.25, 0.3) is 0 Å². The van der Waals surface area contributed by atoms with Crippen LogP contribution in [0.25, 0.3) is 0 Å². The number of aryl methyl sites for hydroxylation is 2. The van der Waals surface area contributed by atoms with Crippen LogP contribution >= 0.6 is 11.3 Å². The Hall–Kier alpha value is -1.33. The predicted octanol–water partition coefficient (Wildman–Crippen LogP) is 2.71. The SMILES string of the molecule is Cc1nc(CC(C)(N)c2ccc(F)cn2)sc1C. The van der Waals surface area contributed by atoms with Crippen LogP contribution in [0.15, 0.2) is 18.3 Å². The van der Waals surface area contributed by atoms with E-state index in [0.717, 1.165) is 10.7 Å². The van der Waals surface area contributed by atoms with Gasteiger partial charge in [0.2, 0.25) is 0 Å². The molecule has 18 heavy (non-hydrogen) atoms. The maximum Gasteiger partial charge on any atom is 0.141 e. The van der Waals surface area contributed by atoms with Crippen LogP contribution in [0.1, 0.15) is 28.2 Å². The molecule has 0 saturated heterocycles. The standard InChI is InChI=1S/C13H16FN3S/c1-8-9(2)18-12(17-8)6-13(3,15)11-5-4-10(14)7-16-11/h4-5,7H,6,15H2,1-3H3.